The van der Waals surface area contributed by atoms with Crippen molar-refractivity contribution in [2.45, 2.75) is 13.3 Å². The molecule has 3 N–H and O–H groups in total. The molecule has 0 aromatic carbocycles. The molecule has 4 heteroatoms. The van der Waals surface area contributed by atoms with E-state index in [2.05, 4.69) is 11.9 Å². The van der Waals surface area contributed by atoms with Crippen LogP contribution in [-0.2, 0) is 0 Å². The Balaban J connectivity index is 2.75. The molecule has 0 amide bonds. The van der Waals surface area contributed by atoms with Gasteiger partial charge in [-0.1, -0.05) is 6.92 Å². The molecule has 0 fully saturated rings. The number of anilines is 2. The van der Waals surface area contributed by atoms with Gasteiger partial charge in [0.25, 0.3) is 0 Å². The molecule has 0 aliphatic rings. The Kier molecular flexibility index (Phi) is 4.19. The van der Waals surface area contributed by atoms with Gasteiger partial charge in [-0.05, 0) is 12.5 Å². The van der Waals surface area contributed by atoms with E-state index in [4.69, 9.17) is 10.8 Å². The lowest BCUT2D eigenvalue weighted by molar-refractivity contribution is 0.301. The molecular weight excluding hydrogens is 178 g/mol. The first-order valence-corrected chi connectivity index (χ1v) is 4.85. The third-order valence-corrected chi connectivity index (χ3v) is 1.96. The van der Waals surface area contributed by atoms with Gasteiger partial charge in [-0.15, -0.1) is 0 Å². The van der Waals surface area contributed by atoms with E-state index in [-0.39, 0.29) is 6.61 Å². The number of aliphatic hydroxyl groups excluding tert-OH is 1. The van der Waals surface area contributed by atoms with Crippen molar-refractivity contribution >= 4 is 11.5 Å². The molecule has 0 saturated carbocycles. The van der Waals surface area contributed by atoms with Gasteiger partial charge in [-0.2, -0.15) is 0 Å². The SMILES string of the molecule is CCCN(CCO)c1cc(N)ccn1. The van der Waals surface area contributed by atoms with E-state index in [1.165, 1.54) is 0 Å². The van der Waals surface area contributed by atoms with Gasteiger partial charge in [-0.25, -0.2) is 4.98 Å². The summed E-state index contributed by atoms with van der Waals surface area (Å²) in [7, 11) is 0. The quantitative estimate of drug-likeness (QED) is 0.732. The van der Waals surface area contributed by atoms with Gasteiger partial charge >= 0.3 is 0 Å². The summed E-state index contributed by atoms with van der Waals surface area (Å²) in [5, 5.41) is 8.89. The van der Waals surface area contributed by atoms with E-state index in [0.717, 1.165) is 18.8 Å². The Morgan fingerprint density at radius 1 is 1.50 bits per heavy atom. The molecule has 14 heavy (non-hydrogen) atoms. The number of aliphatic hydroxyl groups is 1. The molecule has 0 radical (unpaired) electrons. The van der Waals surface area contributed by atoms with Crippen LogP contribution in [0.4, 0.5) is 11.5 Å². The van der Waals surface area contributed by atoms with Gasteiger partial charge < -0.3 is 15.7 Å². The third kappa shape index (κ3) is 2.88. The highest BCUT2D eigenvalue weighted by atomic mass is 16.3. The van der Waals surface area contributed by atoms with Crippen molar-refractivity contribution in [2.75, 3.05) is 30.3 Å². The lowest BCUT2D eigenvalue weighted by atomic mass is 10.3. The van der Waals surface area contributed by atoms with Crippen LogP contribution < -0.4 is 10.6 Å². The minimum Gasteiger partial charge on any atom is -0.399 e. The van der Waals surface area contributed by atoms with Crippen molar-refractivity contribution in [1.82, 2.24) is 4.98 Å². The van der Waals surface area contributed by atoms with Crippen molar-refractivity contribution in [3.05, 3.63) is 18.3 Å². The fourth-order valence-corrected chi connectivity index (χ4v) is 1.34. The average Bonchev–Trinajstić information content (AvgIpc) is 2.17. The minimum atomic E-state index is 0.135. The Hall–Kier alpha value is -1.29. The molecule has 0 aliphatic heterocycles. The van der Waals surface area contributed by atoms with Gasteiger partial charge in [0.05, 0.1) is 6.61 Å². The van der Waals surface area contributed by atoms with E-state index in [9.17, 15) is 0 Å². The average molecular weight is 195 g/mol. The molecule has 4 nitrogen and oxygen atoms in total. The maximum absolute atomic E-state index is 8.89. The van der Waals surface area contributed by atoms with E-state index in [0.29, 0.717) is 12.2 Å². The first-order chi connectivity index (χ1) is 6.77. The first kappa shape index (κ1) is 10.8. The van der Waals surface area contributed by atoms with E-state index in [1.54, 1.807) is 12.3 Å². The fourth-order valence-electron chi connectivity index (χ4n) is 1.34. The number of hydrogen-bond donors (Lipinski definition) is 2. The highest BCUT2D eigenvalue weighted by Crippen LogP contribution is 2.13. The number of hydrogen-bond acceptors (Lipinski definition) is 4. The number of nitrogens with zero attached hydrogens (tertiary/aromatic N) is 2. The number of nitrogen functional groups attached to an aromatic ring is 1. The number of nitrogens with two attached hydrogens (primary N) is 1. The van der Waals surface area contributed by atoms with Crippen molar-refractivity contribution in [2.24, 2.45) is 0 Å². The second-order valence-corrected chi connectivity index (χ2v) is 3.16. The van der Waals surface area contributed by atoms with Crippen LogP contribution in [0.3, 0.4) is 0 Å². The van der Waals surface area contributed by atoms with Crippen LogP contribution in [0.25, 0.3) is 0 Å². The van der Waals surface area contributed by atoms with Crippen molar-refractivity contribution < 1.29 is 5.11 Å². The van der Waals surface area contributed by atoms with Crippen LogP contribution in [0, 0.1) is 0 Å². The molecule has 0 spiro atoms. The maximum Gasteiger partial charge on any atom is 0.130 e. The monoisotopic (exact) mass is 195 g/mol. The number of pyridine rings is 1. The Bertz CT molecular complexity index is 272. The largest absolute Gasteiger partial charge is 0.399 e. The minimum absolute atomic E-state index is 0.135. The summed E-state index contributed by atoms with van der Waals surface area (Å²) >= 11 is 0. The maximum atomic E-state index is 8.89. The molecule has 0 bridgehead atoms. The van der Waals surface area contributed by atoms with Gasteiger partial charge in [0, 0.05) is 31.0 Å². The van der Waals surface area contributed by atoms with Crippen LogP contribution in [0.15, 0.2) is 18.3 Å². The third-order valence-electron chi connectivity index (χ3n) is 1.96. The standard InChI is InChI=1S/C10H17N3O/c1-2-5-13(6-7-14)10-8-9(11)3-4-12-10/h3-4,8,14H,2,5-7H2,1H3,(H2,11,12). The summed E-state index contributed by atoms with van der Waals surface area (Å²) in [5.74, 6) is 0.834. The molecule has 1 aromatic rings. The Labute approximate surface area is 84.4 Å². The van der Waals surface area contributed by atoms with E-state index in [1.807, 2.05) is 11.0 Å². The van der Waals surface area contributed by atoms with Crippen LogP contribution in [0.5, 0.6) is 0 Å². The van der Waals surface area contributed by atoms with Crippen molar-refractivity contribution in [1.29, 1.82) is 0 Å². The van der Waals surface area contributed by atoms with Gasteiger partial charge in [0.1, 0.15) is 5.82 Å². The van der Waals surface area contributed by atoms with Gasteiger partial charge in [0.15, 0.2) is 0 Å². The van der Waals surface area contributed by atoms with Crippen LogP contribution >= 0.6 is 0 Å². The Morgan fingerprint density at radius 2 is 2.29 bits per heavy atom. The number of aromatic nitrogens is 1. The lowest BCUT2D eigenvalue weighted by Crippen LogP contribution is -2.28. The smallest absolute Gasteiger partial charge is 0.130 e. The predicted molar refractivity (Wildman–Crippen MR) is 58.2 cm³/mol. The van der Waals surface area contributed by atoms with Crippen LogP contribution in [-0.4, -0.2) is 29.8 Å². The molecule has 1 aromatic heterocycles. The molecule has 1 rings (SSSR count). The Morgan fingerprint density at radius 3 is 2.86 bits per heavy atom. The zero-order chi connectivity index (χ0) is 10.4. The highest BCUT2D eigenvalue weighted by Gasteiger charge is 2.05. The second kappa shape index (κ2) is 5.44. The lowest BCUT2D eigenvalue weighted by Gasteiger charge is -2.22. The zero-order valence-electron chi connectivity index (χ0n) is 8.48. The molecule has 0 unspecified atom stereocenters. The molecule has 78 valence electrons. The van der Waals surface area contributed by atoms with Gasteiger partial charge in [0.2, 0.25) is 0 Å². The van der Waals surface area contributed by atoms with Crippen molar-refractivity contribution in [3.8, 4) is 0 Å². The highest BCUT2D eigenvalue weighted by molar-refractivity contribution is 5.50. The van der Waals surface area contributed by atoms with E-state index >= 15 is 0 Å². The summed E-state index contributed by atoms with van der Waals surface area (Å²) in [5.41, 5.74) is 6.36. The van der Waals surface area contributed by atoms with E-state index < -0.39 is 0 Å². The molecule has 0 aliphatic carbocycles. The normalized spacial score (nSPS) is 10.1. The summed E-state index contributed by atoms with van der Waals surface area (Å²) in [4.78, 5) is 6.24. The summed E-state index contributed by atoms with van der Waals surface area (Å²) in [6.07, 6.45) is 2.71. The molecular formula is C10H17N3O. The van der Waals surface area contributed by atoms with Crippen LogP contribution in [0.2, 0.25) is 0 Å². The fraction of sp³-hybridized carbons (Fsp3) is 0.500. The van der Waals surface area contributed by atoms with Crippen LogP contribution in [0.1, 0.15) is 13.3 Å². The second-order valence-electron chi connectivity index (χ2n) is 3.16. The predicted octanol–water partition coefficient (Wildman–Crippen LogP) is 0.873. The summed E-state index contributed by atoms with van der Waals surface area (Å²) in [6, 6.07) is 3.58. The van der Waals surface area contributed by atoms with Gasteiger partial charge in [-0.3, -0.25) is 0 Å². The number of rotatable bonds is 5. The molecule has 0 atom stereocenters. The molecule has 1 heterocycles. The summed E-state index contributed by atoms with van der Waals surface area (Å²) in [6.45, 7) is 3.72. The molecule has 0 saturated heterocycles. The first-order valence-electron chi connectivity index (χ1n) is 4.85. The zero-order valence-corrected chi connectivity index (χ0v) is 8.48. The van der Waals surface area contributed by atoms with Crippen molar-refractivity contribution in [3.63, 3.8) is 0 Å². The topological polar surface area (TPSA) is 62.4 Å². The summed E-state index contributed by atoms with van der Waals surface area (Å²) < 4.78 is 0.